The molecule has 6 nitrogen and oxygen atoms in total. The minimum absolute atomic E-state index is 0.0476. The second-order valence-electron chi connectivity index (χ2n) is 7.47. The zero-order valence-electron chi connectivity index (χ0n) is 18.3. The standard InChI is InChI=1S/C25H26N2O4S/c1-5-13-31-23-8-6-7-21(16-23)26-25(28)20-11-9-18(3)24(15-20)32(29,30)27-22-12-10-17(2)19(4)14-22/h5-12,14-16,27H,1,13H2,2-4H3,(H,26,28). The minimum Gasteiger partial charge on any atom is -0.489 e. The van der Waals surface area contributed by atoms with Crippen molar-refractivity contribution in [2.24, 2.45) is 0 Å². The van der Waals surface area contributed by atoms with Crippen LogP contribution in [0.2, 0.25) is 0 Å². The van der Waals surface area contributed by atoms with Crippen molar-refractivity contribution in [1.82, 2.24) is 0 Å². The lowest BCUT2D eigenvalue weighted by atomic mass is 10.1. The number of rotatable bonds is 8. The summed E-state index contributed by atoms with van der Waals surface area (Å²) in [6.07, 6.45) is 1.63. The highest BCUT2D eigenvalue weighted by Crippen LogP contribution is 2.23. The third kappa shape index (κ3) is 5.56. The first kappa shape index (κ1) is 23.1. The van der Waals surface area contributed by atoms with Crippen LogP contribution < -0.4 is 14.8 Å². The summed E-state index contributed by atoms with van der Waals surface area (Å²) in [7, 11) is -3.88. The quantitative estimate of drug-likeness (QED) is 0.460. The molecule has 0 atom stereocenters. The Kier molecular flexibility index (Phi) is 7.00. The highest BCUT2D eigenvalue weighted by atomic mass is 32.2. The maximum atomic E-state index is 13.0. The van der Waals surface area contributed by atoms with Crippen LogP contribution in [-0.4, -0.2) is 20.9 Å². The van der Waals surface area contributed by atoms with Gasteiger partial charge in [-0.25, -0.2) is 8.42 Å². The number of carbonyl (C=O) groups excluding carboxylic acids is 1. The Morgan fingerprint density at radius 2 is 1.69 bits per heavy atom. The smallest absolute Gasteiger partial charge is 0.262 e. The maximum Gasteiger partial charge on any atom is 0.262 e. The van der Waals surface area contributed by atoms with Crippen LogP contribution >= 0.6 is 0 Å². The number of hydrogen-bond donors (Lipinski definition) is 2. The van der Waals surface area contributed by atoms with E-state index >= 15 is 0 Å². The lowest BCUT2D eigenvalue weighted by Gasteiger charge is -2.13. The summed E-state index contributed by atoms with van der Waals surface area (Å²) in [4.78, 5) is 12.8. The summed E-state index contributed by atoms with van der Waals surface area (Å²) in [6.45, 7) is 9.53. The van der Waals surface area contributed by atoms with E-state index in [2.05, 4.69) is 16.6 Å². The molecule has 1 amide bonds. The van der Waals surface area contributed by atoms with E-state index < -0.39 is 15.9 Å². The van der Waals surface area contributed by atoms with Gasteiger partial charge in [-0.3, -0.25) is 9.52 Å². The van der Waals surface area contributed by atoms with Gasteiger partial charge >= 0.3 is 0 Å². The molecule has 0 aliphatic heterocycles. The molecule has 32 heavy (non-hydrogen) atoms. The summed E-state index contributed by atoms with van der Waals surface area (Å²) < 4.78 is 34.1. The second-order valence-corrected chi connectivity index (χ2v) is 9.12. The normalized spacial score (nSPS) is 11.0. The molecule has 0 bridgehead atoms. The molecule has 0 fully saturated rings. The molecule has 3 aromatic carbocycles. The van der Waals surface area contributed by atoms with Crippen molar-refractivity contribution < 1.29 is 17.9 Å². The maximum absolute atomic E-state index is 13.0. The Morgan fingerprint density at radius 3 is 2.41 bits per heavy atom. The summed E-state index contributed by atoms with van der Waals surface area (Å²) in [6, 6.07) is 16.9. The van der Waals surface area contributed by atoms with Crippen LogP contribution in [0.5, 0.6) is 5.75 Å². The monoisotopic (exact) mass is 450 g/mol. The number of carbonyl (C=O) groups is 1. The number of nitrogens with one attached hydrogen (secondary N) is 2. The molecule has 0 saturated heterocycles. The SMILES string of the molecule is C=CCOc1cccc(NC(=O)c2ccc(C)c(S(=O)(=O)Nc3ccc(C)c(C)c3)c2)c1. The molecule has 0 aliphatic carbocycles. The third-order valence-corrected chi connectivity index (χ3v) is 6.48. The van der Waals surface area contributed by atoms with Crippen molar-refractivity contribution >= 4 is 27.3 Å². The lowest BCUT2D eigenvalue weighted by molar-refractivity contribution is 0.102. The Hall–Kier alpha value is -3.58. The Balaban J connectivity index is 1.83. The van der Waals surface area contributed by atoms with Gasteiger partial charge in [0.1, 0.15) is 12.4 Å². The van der Waals surface area contributed by atoms with Crippen LogP contribution in [0.4, 0.5) is 11.4 Å². The molecule has 7 heteroatoms. The fraction of sp³-hybridized carbons (Fsp3) is 0.160. The Bertz CT molecular complexity index is 1270. The Labute approximate surface area is 189 Å². The Morgan fingerprint density at radius 1 is 0.938 bits per heavy atom. The van der Waals surface area contributed by atoms with E-state index in [9.17, 15) is 13.2 Å². The average molecular weight is 451 g/mol. The fourth-order valence-corrected chi connectivity index (χ4v) is 4.39. The van der Waals surface area contributed by atoms with Crippen LogP contribution in [0.1, 0.15) is 27.0 Å². The summed E-state index contributed by atoms with van der Waals surface area (Å²) in [5.41, 5.74) is 3.83. The van der Waals surface area contributed by atoms with E-state index in [0.29, 0.717) is 29.3 Å². The largest absolute Gasteiger partial charge is 0.489 e. The highest BCUT2D eigenvalue weighted by molar-refractivity contribution is 7.92. The van der Waals surface area contributed by atoms with Gasteiger partial charge in [0, 0.05) is 23.0 Å². The first-order chi connectivity index (χ1) is 15.2. The van der Waals surface area contributed by atoms with E-state index in [-0.39, 0.29) is 10.5 Å². The van der Waals surface area contributed by atoms with Crippen LogP contribution in [0, 0.1) is 20.8 Å². The van der Waals surface area contributed by atoms with Gasteiger partial charge < -0.3 is 10.1 Å². The van der Waals surface area contributed by atoms with Gasteiger partial charge in [-0.15, -0.1) is 0 Å². The molecule has 0 aliphatic rings. The first-order valence-electron chi connectivity index (χ1n) is 10.1. The molecule has 0 spiro atoms. The summed E-state index contributed by atoms with van der Waals surface area (Å²) >= 11 is 0. The van der Waals surface area contributed by atoms with Gasteiger partial charge in [0.25, 0.3) is 15.9 Å². The molecule has 3 aromatic rings. The molecule has 0 unspecified atom stereocenters. The van der Waals surface area contributed by atoms with Gasteiger partial charge in [-0.2, -0.15) is 0 Å². The number of hydrogen-bond acceptors (Lipinski definition) is 4. The molecule has 0 saturated carbocycles. The molecule has 0 radical (unpaired) electrons. The number of sulfonamides is 1. The predicted octanol–water partition coefficient (Wildman–Crippen LogP) is 5.23. The summed E-state index contributed by atoms with van der Waals surface area (Å²) in [5, 5.41) is 2.78. The van der Waals surface area contributed by atoms with Gasteiger partial charge in [-0.1, -0.05) is 30.9 Å². The number of anilines is 2. The van der Waals surface area contributed by atoms with Crippen molar-refractivity contribution in [2.45, 2.75) is 25.7 Å². The van der Waals surface area contributed by atoms with Crippen molar-refractivity contribution in [3.8, 4) is 5.75 Å². The topological polar surface area (TPSA) is 84.5 Å². The highest BCUT2D eigenvalue weighted by Gasteiger charge is 2.20. The lowest BCUT2D eigenvalue weighted by Crippen LogP contribution is -2.17. The second kappa shape index (κ2) is 9.70. The van der Waals surface area contributed by atoms with E-state index in [4.69, 9.17) is 4.74 Å². The van der Waals surface area contributed by atoms with Gasteiger partial charge in [-0.05, 0) is 73.9 Å². The third-order valence-electron chi connectivity index (χ3n) is 4.96. The fourth-order valence-electron chi connectivity index (χ4n) is 3.07. The van der Waals surface area contributed by atoms with Crippen LogP contribution in [-0.2, 0) is 10.0 Å². The van der Waals surface area contributed by atoms with E-state index in [1.165, 1.54) is 6.07 Å². The van der Waals surface area contributed by atoms with E-state index in [1.807, 2.05) is 19.9 Å². The van der Waals surface area contributed by atoms with Gasteiger partial charge in [0.2, 0.25) is 0 Å². The molecule has 0 aromatic heterocycles. The van der Waals surface area contributed by atoms with Crippen molar-refractivity contribution in [1.29, 1.82) is 0 Å². The van der Waals surface area contributed by atoms with Crippen molar-refractivity contribution in [2.75, 3.05) is 16.6 Å². The number of aryl methyl sites for hydroxylation is 3. The first-order valence-corrected chi connectivity index (χ1v) is 11.5. The minimum atomic E-state index is -3.88. The molecule has 2 N–H and O–H groups in total. The van der Waals surface area contributed by atoms with Crippen LogP contribution in [0.15, 0.2) is 78.2 Å². The number of ether oxygens (including phenoxy) is 1. The van der Waals surface area contributed by atoms with Crippen molar-refractivity contribution in [3.63, 3.8) is 0 Å². The molecule has 0 heterocycles. The van der Waals surface area contributed by atoms with Crippen LogP contribution in [0.25, 0.3) is 0 Å². The molecular weight excluding hydrogens is 424 g/mol. The number of benzene rings is 3. The predicted molar refractivity (Wildman–Crippen MR) is 128 cm³/mol. The molecule has 3 rings (SSSR count). The van der Waals surface area contributed by atoms with Crippen LogP contribution in [0.3, 0.4) is 0 Å². The number of amides is 1. The molecular formula is C25H26N2O4S. The van der Waals surface area contributed by atoms with Gasteiger partial charge in [0.05, 0.1) is 4.90 Å². The van der Waals surface area contributed by atoms with E-state index in [1.54, 1.807) is 61.5 Å². The molecule has 166 valence electrons. The van der Waals surface area contributed by atoms with Gasteiger partial charge in [0.15, 0.2) is 0 Å². The summed E-state index contributed by atoms with van der Waals surface area (Å²) in [5.74, 6) is 0.168. The van der Waals surface area contributed by atoms with Crippen molar-refractivity contribution in [3.05, 3.63) is 95.6 Å². The zero-order valence-corrected chi connectivity index (χ0v) is 19.1. The van der Waals surface area contributed by atoms with E-state index in [0.717, 1.165) is 11.1 Å². The average Bonchev–Trinajstić information content (AvgIpc) is 2.75. The zero-order chi connectivity index (χ0) is 23.3.